The minimum atomic E-state index is -3.53. The molecule has 0 radical (unpaired) electrons. The molecule has 1 N–H and O–H groups in total. The molecule has 5 nitrogen and oxygen atoms in total. The summed E-state index contributed by atoms with van der Waals surface area (Å²) < 4.78 is 40.2. The van der Waals surface area contributed by atoms with Crippen molar-refractivity contribution in [3.63, 3.8) is 0 Å². The van der Waals surface area contributed by atoms with E-state index in [1.807, 2.05) is 6.92 Å². The normalized spacial score (nSPS) is 18.5. The molecule has 0 aromatic heterocycles. The third-order valence-corrected chi connectivity index (χ3v) is 6.34. The zero-order valence-electron chi connectivity index (χ0n) is 14.5. The van der Waals surface area contributed by atoms with Crippen molar-refractivity contribution in [2.24, 2.45) is 5.92 Å². The standard InChI is InChI=1S/C19H21FN2O3S/c1-14-4-3-11-22(13-14)26(24,25)18-9-7-17(8-10-18)21-19(23)15-5-2-6-16(20)12-15/h2,5-10,12,14H,3-4,11,13H2,1H3,(H,21,23)/t14-/m1/s1. The summed E-state index contributed by atoms with van der Waals surface area (Å²) >= 11 is 0. The molecule has 0 unspecified atom stereocenters. The Labute approximate surface area is 152 Å². The van der Waals surface area contributed by atoms with E-state index in [-0.39, 0.29) is 10.5 Å². The third-order valence-electron chi connectivity index (χ3n) is 4.46. The van der Waals surface area contributed by atoms with Crippen LogP contribution in [0.3, 0.4) is 0 Å². The van der Waals surface area contributed by atoms with Crippen LogP contribution in [0.4, 0.5) is 10.1 Å². The first-order valence-electron chi connectivity index (χ1n) is 8.53. The summed E-state index contributed by atoms with van der Waals surface area (Å²) in [7, 11) is -3.53. The summed E-state index contributed by atoms with van der Waals surface area (Å²) in [5.41, 5.74) is 0.647. The van der Waals surface area contributed by atoms with Gasteiger partial charge in [-0.2, -0.15) is 4.31 Å². The maximum Gasteiger partial charge on any atom is 0.255 e. The third kappa shape index (κ3) is 4.11. The lowest BCUT2D eigenvalue weighted by molar-refractivity contribution is 0.102. The lowest BCUT2D eigenvalue weighted by atomic mass is 10.0. The number of halogens is 1. The van der Waals surface area contributed by atoms with E-state index in [1.54, 1.807) is 0 Å². The quantitative estimate of drug-likeness (QED) is 0.888. The molecule has 138 valence electrons. The second kappa shape index (κ2) is 7.55. The van der Waals surface area contributed by atoms with Gasteiger partial charge >= 0.3 is 0 Å². The minimum Gasteiger partial charge on any atom is -0.322 e. The molecule has 2 aromatic rings. The first-order valence-corrected chi connectivity index (χ1v) is 9.97. The highest BCUT2D eigenvalue weighted by molar-refractivity contribution is 7.89. The zero-order valence-corrected chi connectivity index (χ0v) is 15.3. The average Bonchev–Trinajstić information content (AvgIpc) is 2.62. The number of benzene rings is 2. The van der Waals surface area contributed by atoms with Crippen LogP contribution in [0.15, 0.2) is 53.4 Å². The molecule has 1 atom stereocenters. The zero-order chi connectivity index (χ0) is 18.7. The van der Waals surface area contributed by atoms with Gasteiger partial charge in [0.25, 0.3) is 5.91 Å². The van der Waals surface area contributed by atoms with Crippen LogP contribution in [0.1, 0.15) is 30.1 Å². The molecule has 1 saturated heterocycles. The molecule has 0 aliphatic carbocycles. The van der Waals surface area contributed by atoms with Gasteiger partial charge in [0, 0.05) is 24.3 Å². The summed E-state index contributed by atoms with van der Waals surface area (Å²) in [6.07, 6.45) is 1.90. The van der Waals surface area contributed by atoms with E-state index in [9.17, 15) is 17.6 Å². The van der Waals surface area contributed by atoms with Crippen molar-refractivity contribution in [2.75, 3.05) is 18.4 Å². The van der Waals surface area contributed by atoms with Gasteiger partial charge < -0.3 is 5.32 Å². The number of amides is 1. The fourth-order valence-electron chi connectivity index (χ4n) is 3.06. The maximum atomic E-state index is 13.2. The van der Waals surface area contributed by atoms with Crippen LogP contribution >= 0.6 is 0 Å². The predicted molar refractivity (Wildman–Crippen MR) is 98.0 cm³/mol. The lowest BCUT2D eigenvalue weighted by Crippen LogP contribution is -2.39. The first-order chi connectivity index (χ1) is 12.4. The molecule has 1 amide bonds. The number of hydrogen-bond donors (Lipinski definition) is 1. The van der Waals surface area contributed by atoms with Crippen molar-refractivity contribution >= 4 is 21.6 Å². The second-order valence-electron chi connectivity index (χ2n) is 6.60. The van der Waals surface area contributed by atoms with Gasteiger partial charge in [-0.25, -0.2) is 12.8 Å². The van der Waals surface area contributed by atoms with Crippen LogP contribution in [0, 0.1) is 11.7 Å². The van der Waals surface area contributed by atoms with Gasteiger partial charge in [-0.05, 0) is 61.2 Å². The summed E-state index contributed by atoms with van der Waals surface area (Å²) in [6.45, 7) is 3.11. The van der Waals surface area contributed by atoms with Crippen molar-refractivity contribution < 1.29 is 17.6 Å². The Bertz CT molecular complexity index is 897. The fraction of sp³-hybridized carbons (Fsp3) is 0.316. The van der Waals surface area contributed by atoms with Crippen LogP contribution in [0.5, 0.6) is 0 Å². The number of rotatable bonds is 4. The van der Waals surface area contributed by atoms with Gasteiger partial charge in [0.1, 0.15) is 5.82 Å². The number of anilines is 1. The monoisotopic (exact) mass is 376 g/mol. The van der Waals surface area contributed by atoms with Crippen LogP contribution in [-0.2, 0) is 10.0 Å². The van der Waals surface area contributed by atoms with Crippen LogP contribution in [0.2, 0.25) is 0 Å². The Kier molecular flexibility index (Phi) is 5.38. The van der Waals surface area contributed by atoms with Crippen molar-refractivity contribution in [1.29, 1.82) is 0 Å². The van der Waals surface area contributed by atoms with Crippen molar-refractivity contribution in [3.05, 3.63) is 59.9 Å². The highest BCUT2D eigenvalue weighted by atomic mass is 32.2. The van der Waals surface area contributed by atoms with E-state index >= 15 is 0 Å². The maximum absolute atomic E-state index is 13.2. The van der Waals surface area contributed by atoms with Gasteiger partial charge in [-0.1, -0.05) is 13.0 Å². The largest absolute Gasteiger partial charge is 0.322 e. The first kappa shape index (κ1) is 18.5. The number of nitrogens with one attached hydrogen (secondary N) is 1. The van der Waals surface area contributed by atoms with Crippen molar-refractivity contribution in [2.45, 2.75) is 24.7 Å². The molecule has 1 aliphatic heterocycles. The van der Waals surface area contributed by atoms with Gasteiger partial charge in [0.05, 0.1) is 4.90 Å². The van der Waals surface area contributed by atoms with Crippen LogP contribution in [-0.4, -0.2) is 31.7 Å². The van der Waals surface area contributed by atoms with Crippen molar-refractivity contribution in [1.82, 2.24) is 4.31 Å². The molecule has 0 saturated carbocycles. The van der Waals surface area contributed by atoms with E-state index in [4.69, 9.17) is 0 Å². The molecule has 1 aliphatic rings. The summed E-state index contributed by atoms with van der Waals surface area (Å²) in [4.78, 5) is 12.3. The van der Waals surface area contributed by atoms with E-state index in [0.29, 0.717) is 24.7 Å². The molecule has 7 heteroatoms. The number of hydrogen-bond acceptors (Lipinski definition) is 3. The summed E-state index contributed by atoms with van der Waals surface area (Å²) in [6, 6.07) is 11.4. The molecule has 0 bridgehead atoms. The molecular formula is C19H21FN2O3S. The Morgan fingerprint density at radius 3 is 2.58 bits per heavy atom. The van der Waals surface area contributed by atoms with E-state index in [2.05, 4.69) is 5.32 Å². The summed E-state index contributed by atoms with van der Waals surface area (Å²) in [5.74, 6) is -0.594. The van der Waals surface area contributed by atoms with E-state index in [1.165, 1.54) is 46.8 Å². The Hall–Kier alpha value is -2.25. The highest BCUT2D eigenvalue weighted by Gasteiger charge is 2.28. The number of nitrogens with zero attached hydrogens (tertiary/aromatic N) is 1. The molecule has 1 fully saturated rings. The SMILES string of the molecule is C[C@@H]1CCCN(S(=O)(=O)c2ccc(NC(=O)c3cccc(F)c3)cc2)C1. The number of carbonyl (C=O) groups excluding carboxylic acids is 1. The topological polar surface area (TPSA) is 66.5 Å². The van der Waals surface area contributed by atoms with Gasteiger partial charge in [0.15, 0.2) is 0 Å². The Morgan fingerprint density at radius 1 is 1.19 bits per heavy atom. The summed E-state index contributed by atoms with van der Waals surface area (Å²) in [5, 5.41) is 2.64. The van der Waals surface area contributed by atoms with Crippen LogP contribution in [0.25, 0.3) is 0 Å². The number of piperidine rings is 1. The number of carbonyl (C=O) groups is 1. The highest BCUT2D eigenvalue weighted by Crippen LogP contribution is 2.24. The van der Waals surface area contributed by atoms with Gasteiger partial charge in [-0.15, -0.1) is 0 Å². The molecule has 2 aromatic carbocycles. The molecule has 1 heterocycles. The molecule has 26 heavy (non-hydrogen) atoms. The predicted octanol–water partition coefficient (Wildman–Crippen LogP) is 3.50. The molecule has 0 spiro atoms. The lowest BCUT2D eigenvalue weighted by Gasteiger charge is -2.30. The van der Waals surface area contributed by atoms with Gasteiger partial charge in [0.2, 0.25) is 10.0 Å². The Balaban J connectivity index is 1.73. The molecular weight excluding hydrogens is 355 g/mol. The smallest absolute Gasteiger partial charge is 0.255 e. The second-order valence-corrected chi connectivity index (χ2v) is 8.54. The molecule has 3 rings (SSSR count). The minimum absolute atomic E-state index is 0.198. The van der Waals surface area contributed by atoms with Gasteiger partial charge in [-0.3, -0.25) is 4.79 Å². The average molecular weight is 376 g/mol. The van der Waals surface area contributed by atoms with E-state index in [0.717, 1.165) is 18.9 Å². The van der Waals surface area contributed by atoms with E-state index < -0.39 is 21.7 Å². The Morgan fingerprint density at radius 2 is 1.92 bits per heavy atom. The number of sulfonamides is 1. The van der Waals surface area contributed by atoms with Crippen molar-refractivity contribution in [3.8, 4) is 0 Å². The van der Waals surface area contributed by atoms with Crippen LogP contribution < -0.4 is 5.32 Å². The fourth-order valence-corrected chi connectivity index (χ4v) is 4.66.